The van der Waals surface area contributed by atoms with Crippen LogP contribution in [0.1, 0.15) is 36.2 Å². The molecule has 0 spiro atoms. The largest absolute Gasteiger partial charge is 0.405 e. The molecule has 1 aromatic rings. The summed E-state index contributed by atoms with van der Waals surface area (Å²) in [6.45, 7) is 3.37. The van der Waals surface area contributed by atoms with Gasteiger partial charge in [-0.25, -0.2) is 4.39 Å². The van der Waals surface area contributed by atoms with E-state index in [-0.39, 0.29) is 28.6 Å². The van der Waals surface area contributed by atoms with Crippen LogP contribution in [0.4, 0.5) is 23.2 Å². The van der Waals surface area contributed by atoms with E-state index >= 15 is 0 Å². The topological polar surface area (TPSA) is 58.2 Å². The van der Waals surface area contributed by atoms with E-state index in [9.17, 15) is 27.2 Å². The molecule has 8 heteroatoms. The average molecular weight is 334 g/mol. The van der Waals surface area contributed by atoms with Crippen molar-refractivity contribution < 1.29 is 27.2 Å². The molecule has 0 saturated carbocycles. The number of benzene rings is 1. The molecular weight excluding hydrogens is 316 g/mol. The van der Waals surface area contributed by atoms with Gasteiger partial charge >= 0.3 is 6.18 Å². The number of amides is 2. The van der Waals surface area contributed by atoms with Crippen LogP contribution in [0.2, 0.25) is 0 Å². The summed E-state index contributed by atoms with van der Waals surface area (Å²) >= 11 is 0. The molecule has 2 N–H and O–H groups in total. The lowest BCUT2D eigenvalue weighted by Crippen LogP contribution is -2.33. The zero-order valence-corrected chi connectivity index (χ0v) is 13.0. The van der Waals surface area contributed by atoms with E-state index in [1.54, 1.807) is 19.2 Å². The zero-order valence-electron chi connectivity index (χ0n) is 13.0. The molecule has 0 bridgehead atoms. The van der Waals surface area contributed by atoms with Crippen LogP contribution in [0.15, 0.2) is 12.1 Å². The first kappa shape index (κ1) is 18.9. The van der Waals surface area contributed by atoms with Gasteiger partial charge in [-0.15, -0.1) is 0 Å². The molecular formula is C15H18F4N2O2. The lowest BCUT2D eigenvalue weighted by Gasteiger charge is -2.14. The first-order valence-corrected chi connectivity index (χ1v) is 7.01. The SMILES string of the molecule is CCC(C)C(=O)Nc1cc(C(=O)NCC(F)(F)F)cc(F)c1C. The van der Waals surface area contributed by atoms with Gasteiger partial charge in [-0.1, -0.05) is 13.8 Å². The van der Waals surface area contributed by atoms with Crippen molar-refractivity contribution in [2.24, 2.45) is 5.92 Å². The Hall–Kier alpha value is -2.12. The molecule has 0 radical (unpaired) electrons. The third-order valence-corrected chi connectivity index (χ3v) is 3.37. The van der Waals surface area contributed by atoms with E-state index in [4.69, 9.17) is 0 Å². The molecule has 1 aromatic carbocycles. The summed E-state index contributed by atoms with van der Waals surface area (Å²) in [5, 5.41) is 4.14. The molecule has 1 atom stereocenters. The van der Waals surface area contributed by atoms with Gasteiger partial charge in [0.2, 0.25) is 5.91 Å². The van der Waals surface area contributed by atoms with Gasteiger partial charge in [0, 0.05) is 22.7 Å². The highest BCUT2D eigenvalue weighted by Gasteiger charge is 2.28. The predicted molar refractivity (Wildman–Crippen MR) is 77.6 cm³/mol. The number of rotatable bonds is 5. The van der Waals surface area contributed by atoms with Gasteiger partial charge in [0.1, 0.15) is 12.4 Å². The number of hydrogen-bond acceptors (Lipinski definition) is 2. The maximum atomic E-state index is 13.9. The van der Waals surface area contributed by atoms with Crippen LogP contribution in [-0.4, -0.2) is 24.5 Å². The number of carbonyl (C=O) groups excluding carboxylic acids is 2. The van der Waals surface area contributed by atoms with Crippen molar-refractivity contribution in [3.63, 3.8) is 0 Å². The fraction of sp³-hybridized carbons (Fsp3) is 0.467. The Morgan fingerprint density at radius 2 is 1.87 bits per heavy atom. The fourth-order valence-corrected chi connectivity index (χ4v) is 1.66. The summed E-state index contributed by atoms with van der Waals surface area (Å²) in [5.41, 5.74) is -0.127. The summed E-state index contributed by atoms with van der Waals surface area (Å²) in [7, 11) is 0. The fourth-order valence-electron chi connectivity index (χ4n) is 1.66. The molecule has 0 fully saturated rings. The third kappa shape index (κ3) is 5.54. The average Bonchev–Trinajstić information content (AvgIpc) is 2.47. The van der Waals surface area contributed by atoms with Gasteiger partial charge in [-0.05, 0) is 25.5 Å². The van der Waals surface area contributed by atoms with E-state index in [1.807, 2.05) is 0 Å². The highest BCUT2D eigenvalue weighted by atomic mass is 19.4. The van der Waals surface area contributed by atoms with Crippen molar-refractivity contribution in [3.05, 3.63) is 29.1 Å². The Labute approximate surface area is 131 Å². The molecule has 1 unspecified atom stereocenters. The monoisotopic (exact) mass is 334 g/mol. The Morgan fingerprint density at radius 3 is 2.39 bits per heavy atom. The second-order valence-corrected chi connectivity index (χ2v) is 5.23. The molecule has 0 aliphatic carbocycles. The highest BCUT2D eigenvalue weighted by molar-refractivity contribution is 5.98. The van der Waals surface area contributed by atoms with Crippen molar-refractivity contribution in [1.82, 2.24) is 5.32 Å². The van der Waals surface area contributed by atoms with Gasteiger partial charge in [0.25, 0.3) is 5.91 Å². The summed E-state index contributed by atoms with van der Waals surface area (Å²) in [6, 6.07) is 1.99. The van der Waals surface area contributed by atoms with E-state index in [0.29, 0.717) is 6.42 Å². The lowest BCUT2D eigenvalue weighted by atomic mass is 10.1. The molecule has 23 heavy (non-hydrogen) atoms. The number of carbonyl (C=O) groups is 2. The quantitative estimate of drug-likeness (QED) is 0.811. The summed E-state index contributed by atoms with van der Waals surface area (Å²) in [6.07, 6.45) is -3.99. The summed E-state index contributed by atoms with van der Waals surface area (Å²) < 4.78 is 50.2. The third-order valence-electron chi connectivity index (χ3n) is 3.37. The van der Waals surface area contributed by atoms with Crippen molar-refractivity contribution in [3.8, 4) is 0 Å². The predicted octanol–water partition coefficient (Wildman–Crippen LogP) is 3.41. The summed E-state index contributed by atoms with van der Waals surface area (Å²) in [4.78, 5) is 23.6. The maximum Gasteiger partial charge on any atom is 0.405 e. The summed E-state index contributed by atoms with van der Waals surface area (Å²) in [5.74, 6) is -2.53. The Morgan fingerprint density at radius 1 is 1.26 bits per heavy atom. The molecule has 1 rings (SSSR count). The van der Waals surface area contributed by atoms with E-state index in [1.165, 1.54) is 6.92 Å². The van der Waals surface area contributed by atoms with Crippen molar-refractivity contribution in [1.29, 1.82) is 0 Å². The van der Waals surface area contributed by atoms with Crippen LogP contribution < -0.4 is 10.6 Å². The molecule has 0 aliphatic rings. The number of anilines is 1. The Kier molecular flexibility index (Phi) is 6.12. The van der Waals surface area contributed by atoms with Gasteiger partial charge in [0.05, 0.1) is 0 Å². The zero-order chi connectivity index (χ0) is 17.8. The van der Waals surface area contributed by atoms with Gasteiger partial charge in [-0.2, -0.15) is 13.2 Å². The highest BCUT2D eigenvalue weighted by Crippen LogP contribution is 2.22. The Balaban J connectivity index is 2.99. The second kappa shape index (κ2) is 7.43. The molecule has 4 nitrogen and oxygen atoms in total. The minimum atomic E-state index is -4.56. The number of alkyl halides is 3. The van der Waals surface area contributed by atoms with E-state index < -0.39 is 24.4 Å². The second-order valence-electron chi connectivity index (χ2n) is 5.23. The molecule has 2 amide bonds. The molecule has 0 aromatic heterocycles. The molecule has 128 valence electrons. The van der Waals surface area contributed by atoms with Crippen molar-refractivity contribution >= 4 is 17.5 Å². The minimum Gasteiger partial charge on any atom is -0.343 e. The first-order chi connectivity index (χ1) is 10.5. The molecule has 0 aliphatic heterocycles. The molecule has 0 saturated heterocycles. The van der Waals surface area contributed by atoms with Crippen LogP contribution in [0, 0.1) is 18.7 Å². The molecule has 0 heterocycles. The van der Waals surface area contributed by atoms with Crippen LogP contribution in [0.25, 0.3) is 0 Å². The van der Waals surface area contributed by atoms with Crippen LogP contribution in [0.3, 0.4) is 0 Å². The van der Waals surface area contributed by atoms with Gasteiger partial charge in [-0.3, -0.25) is 9.59 Å². The number of nitrogens with one attached hydrogen (secondary N) is 2. The van der Waals surface area contributed by atoms with Crippen LogP contribution in [0.5, 0.6) is 0 Å². The van der Waals surface area contributed by atoms with Gasteiger partial charge in [0.15, 0.2) is 0 Å². The smallest absolute Gasteiger partial charge is 0.343 e. The van der Waals surface area contributed by atoms with Crippen LogP contribution >= 0.6 is 0 Å². The van der Waals surface area contributed by atoms with Gasteiger partial charge < -0.3 is 10.6 Å². The van der Waals surface area contributed by atoms with E-state index in [2.05, 4.69) is 5.32 Å². The lowest BCUT2D eigenvalue weighted by molar-refractivity contribution is -0.123. The number of halogens is 4. The minimum absolute atomic E-state index is 0.0625. The van der Waals surface area contributed by atoms with Crippen LogP contribution in [-0.2, 0) is 4.79 Å². The Bertz CT molecular complexity index is 600. The maximum absolute atomic E-state index is 13.9. The van der Waals surface area contributed by atoms with Crippen molar-refractivity contribution in [2.45, 2.75) is 33.4 Å². The van der Waals surface area contributed by atoms with Crippen molar-refractivity contribution in [2.75, 3.05) is 11.9 Å². The number of hydrogen-bond donors (Lipinski definition) is 2. The first-order valence-electron chi connectivity index (χ1n) is 7.01. The standard InChI is InChI=1S/C15H18F4N2O2/c1-4-8(2)13(22)21-12-6-10(5-11(16)9(12)3)14(23)20-7-15(17,18)19/h5-6,8H,4,7H2,1-3H3,(H,20,23)(H,21,22). The van der Waals surface area contributed by atoms with E-state index in [0.717, 1.165) is 12.1 Å². The normalized spacial score (nSPS) is 12.7.